The van der Waals surface area contributed by atoms with E-state index in [1.807, 2.05) is 0 Å². The Morgan fingerprint density at radius 3 is 2.62 bits per heavy atom. The van der Waals surface area contributed by atoms with Crippen molar-refractivity contribution in [2.24, 2.45) is 0 Å². The summed E-state index contributed by atoms with van der Waals surface area (Å²) in [6.07, 6.45) is 0.880. The zero-order valence-electron chi connectivity index (χ0n) is 10.8. The van der Waals surface area contributed by atoms with Crippen molar-refractivity contribution in [3.63, 3.8) is 0 Å². The van der Waals surface area contributed by atoms with Crippen molar-refractivity contribution in [3.8, 4) is 0 Å². The van der Waals surface area contributed by atoms with E-state index in [1.165, 1.54) is 13.0 Å². The molecule has 0 bridgehead atoms. The molecular formula is C13H9F2N3O3. The van der Waals surface area contributed by atoms with Crippen LogP contribution in [0.1, 0.15) is 15.9 Å². The number of nitrogens with one attached hydrogen (secondary N) is 1. The van der Waals surface area contributed by atoms with Crippen molar-refractivity contribution < 1.29 is 18.5 Å². The van der Waals surface area contributed by atoms with E-state index in [9.17, 15) is 23.7 Å². The van der Waals surface area contributed by atoms with Gasteiger partial charge in [0.15, 0.2) is 0 Å². The van der Waals surface area contributed by atoms with Gasteiger partial charge in [-0.1, -0.05) is 0 Å². The molecule has 1 aromatic heterocycles. The molecule has 2 aromatic rings. The number of carbonyl (C=O) groups excluding carboxylic acids is 1. The quantitative estimate of drug-likeness (QED) is 0.696. The second kappa shape index (κ2) is 5.61. The van der Waals surface area contributed by atoms with Crippen LogP contribution in [0, 0.1) is 28.7 Å². The molecule has 0 radical (unpaired) electrons. The molecule has 0 aliphatic rings. The molecule has 0 aliphatic heterocycles. The Bertz CT molecular complexity index is 717. The number of benzene rings is 1. The summed E-state index contributed by atoms with van der Waals surface area (Å²) < 4.78 is 26.6. The number of pyridine rings is 1. The molecule has 0 unspecified atom stereocenters. The van der Waals surface area contributed by atoms with Crippen molar-refractivity contribution in [1.29, 1.82) is 0 Å². The third-order valence-corrected chi connectivity index (χ3v) is 2.66. The highest BCUT2D eigenvalue weighted by atomic mass is 19.1. The molecular weight excluding hydrogens is 284 g/mol. The van der Waals surface area contributed by atoms with Gasteiger partial charge in [-0.15, -0.1) is 0 Å². The minimum atomic E-state index is -0.904. The van der Waals surface area contributed by atoms with Crippen LogP contribution in [0.4, 0.5) is 20.3 Å². The minimum Gasteiger partial charge on any atom is -0.306 e. The Morgan fingerprint density at radius 1 is 1.33 bits per heavy atom. The van der Waals surface area contributed by atoms with Gasteiger partial charge in [-0.2, -0.15) is 0 Å². The van der Waals surface area contributed by atoms with E-state index in [4.69, 9.17) is 0 Å². The first-order chi connectivity index (χ1) is 9.88. The lowest BCUT2D eigenvalue weighted by Gasteiger charge is -2.07. The lowest BCUT2D eigenvalue weighted by Crippen LogP contribution is -2.15. The summed E-state index contributed by atoms with van der Waals surface area (Å²) in [6, 6.07) is 4.12. The number of halogens is 2. The normalized spacial score (nSPS) is 10.2. The van der Waals surface area contributed by atoms with Crippen molar-refractivity contribution >= 4 is 17.4 Å². The zero-order valence-corrected chi connectivity index (χ0v) is 10.8. The van der Waals surface area contributed by atoms with E-state index in [-0.39, 0.29) is 11.4 Å². The van der Waals surface area contributed by atoms with Crippen molar-refractivity contribution in [1.82, 2.24) is 4.98 Å². The first-order valence-corrected chi connectivity index (χ1v) is 5.76. The van der Waals surface area contributed by atoms with Crippen LogP contribution in [0.5, 0.6) is 0 Å². The largest absolute Gasteiger partial charge is 0.306 e. The topological polar surface area (TPSA) is 85.1 Å². The number of nitrogens with zero attached hydrogens (tertiary/aromatic N) is 2. The van der Waals surface area contributed by atoms with E-state index in [0.717, 1.165) is 24.4 Å². The van der Waals surface area contributed by atoms with E-state index in [1.54, 1.807) is 0 Å². The van der Waals surface area contributed by atoms with Gasteiger partial charge in [0.1, 0.15) is 17.5 Å². The highest BCUT2D eigenvalue weighted by Crippen LogP contribution is 2.21. The fourth-order valence-electron chi connectivity index (χ4n) is 1.65. The Morgan fingerprint density at radius 2 is 2.05 bits per heavy atom. The van der Waals surface area contributed by atoms with Crippen molar-refractivity contribution in [3.05, 3.63) is 63.3 Å². The number of non-ortho nitro benzene ring substituents is 1. The number of carbonyl (C=O) groups is 1. The Labute approximate surface area is 117 Å². The van der Waals surface area contributed by atoms with Crippen molar-refractivity contribution in [2.75, 3.05) is 5.32 Å². The molecule has 1 aromatic carbocycles. The standard InChI is InChI=1S/C13H9F2N3O3/c1-7-4-9(18(20)21)5-10(12(7)15)13(19)17-11-3-2-8(14)6-16-11/h2-6H,1H3,(H,16,17,19). The van der Waals surface area contributed by atoms with Gasteiger partial charge >= 0.3 is 0 Å². The summed E-state index contributed by atoms with van der Waals surface area (Å²) in [4.78, 5) is 25.5. The Balaban J connectivity index is 2.34. The van der Waals surface area contributed by atoms with Gasteiger partial charge in [-0.05, 0) is 24.6 Å². The van der Waals surface area contributed by atoms with Crippen LogP contribution in [0.3, 0.4) is 0 Å². The van der Waals surface area contributed by atoms with Crippen molar-refractivity contribution in [2.45, 2.75) is 6.92 Å². The number of nitro groups is 1. The summed E-state index contributed by atoms with van der Waals surface area (Å²) in [6.45, 7) is 1.31. The molecule has 1 amide bonds. The molecule has 1 heterocycles. The zero-order chi connectivity index (χ0) is 15.6. The number of aryl methyl sites for hydroxylation is 1. The highest BCUT2D eigenvalue weighted by molar-refractivity contribution is 6.04. The summed E-state index contributed by atoms with van der Waals surface area (Å²) in [5.41, 5.74) is -0.902. The predicted molar refractivity (Wildman–Crippen MR) is 69.9 cm³/mol. The van der Waals surface area contributed by atoms with Gasteiger partial charge < -0.3 is 5.32 Å². The lowest BCUT2D eigenvalue weighted by atomic mass is 10.1. The average Bonchev–Trinajstić information content (AvgIpc) is 2.43. The van der Waals surface area contributed by atoms with E-state index >= 15 is 0 Å². The average molecular weight is 293 g/mol. The van der Waals surface area contributed by atoms with Crippen LogP contribution in [0.15, 0.2) is 30.5 Å². The maximum atomic E-state index is 13.9. The molecule has 6 nitrogen and oxygen atoms in total. The fourth-order valence-corrected chi connectivity index (χ4v) is 1.65. The second-order valence-corrected chi connectivity index (χ2v) is 4.20. The minimum absolute atomic E-state index is 0.00459. The van der Waals surface area contributed by atoms with E-state index in [2.05, 4.69) is 10.3 Å². The predicted octanol–water partition coefficient (Wildman–Crippen LogP) is 2.83. The van der Waals surface area contributed by atoms with Gasteiger partial charge in [0, 0.05) is 12.1 Å². The van der Waals surface area contributed by atoms with Crippen LogP contribution >= 0.6 is 0 Å². The summed E-state index contributed by atoms with van der Waals surface area (Å²) in [5, 5.41) is 13.0. The van der Waals surface area contributed by atoms with Crippen LogP contribution in [-0.4, -0.2) is 15.8 Å². The van der Waals surface area contributed by atoms with E-state index < -0.39 is 33.7 Å². The lowest BCUT2D eigenvalue weighted by molar-refractivity contribution is -0.385. The van der Waals surface area contributed by atoms with Crippen LogP contribution in [0.2, 0.25) is 0 Å². The van der Waals surface area contributed by atoms with Gasteiger partial charge in [-0.25, -0.2) is 13.8 Å². The summed E-state index contributed by atoms with van der Waals surface area (Å²) in [5.74, 6) is -2.35. The van der Waals surface area contributed by atoms with Gasteiger partial charge in [0.05, 0.1) is 16.7 Å². The summed E-state index contributed by atoms with van der Waals surface area (Å²) >= 11 is 0. The molecule has 0 fully saturated rings. The van der Waals surface area contributed by atoms with Crippen LogP contribution < -0.4 is 5.32 Å². The highest BCUT2D eigenvalue weighted by Gasteiger charge is 2.20. The maximum Gasteiger partial charge on any atom is 0.270 e. The molecule has 108 valence electrons. The third kappa shape index (κ3) is 3.16. The first-order valence-electron chi connectivity index (χ1n) is 5.76. The smallest absolute Gasteiger partial charge is 0.270 e. The van der Waals surface area contributed by atoms with Gasteiger partial charge in [0.25, 0.3) is 11.6 Å². The molecule has 21 heavy (non-hydrogen) atoms. The maximum absolute atomic E-state index is 13.9. The SMILES string of the molecule is Cc1cc([N+](=O)[O-])cc(C(=O)Nc2ccc(F)cn2)c1F. The second-order valence-electron chi connectivity index (χ2n) is 4.20. The molecule has 0 aliphatic carbocycles. The Hall–Kier alpha value is -2.90. The Kier molecular flexibility index (Phi) is 3.88. The van der Waals surface area contributed by atoms with Crippen LogP contribution in [-0.2, 0) is 0 Å². The number of aromatic nitrogens is 1. The summed E-state index contributed by atoms with van der Waals surface area (Å²) in [7, 11) is 0. The molecule has 0 spiro atoms. The van der Waals surface area contributed by atoms with Gasteiger partial charge in [0.2, 0.25) is 0 Å². The first kappa shape index (κ1) is 14.5. The molecule has 0 saturated heterocycles. The van der Waals surface area contributed by atoms with Crippen LogP contribution in [0.25, 0.3) is 0 Å². The van der Waals surface area contributed by atoms with E-state index in [0.29, 0.717) is 0 Å². The number of rotatable bonds is 3. The molecule has 8 heteroatoms. The fraction of sp³-hybridized carbons (Fsp3) is 0.0769. The molecule has 0 atom stereocenters. The number of hydrogen-bond donors (Lipinski definition) is 1. The number of anilines is 1. The molecule has 0 saturated carbocycles. The number of hydrogen-bond acceptors (Lipinski definition) is 4. The monoisotopic (exact) mass is 293 g/mol. The van der Waals surface area contributed by atoms with Gasteiger partial charge in [-0.3, -0.25) is 14.9 Å². The third-order valence-electron chi connectivity index (χ3n) is 2.66. The molecule has 2 rings (SSSR count). The molecule has 1 N–H and O–H groups in total. The number of amides is 1. The number of nitro benzene ring substituents is 1.